The second-order valence-corrected chi connectivity index (χ2v) is 4.26. The van der Waals surface area contributed by atoms with Gasteiger partial charge in [-0.05, 0) is 45.1 Å². The normalized spacial score (nSPS) is 10.6. The van der Waals surface area contributed by atoms with Gasteiger partial charge in [0.15, 0.2) is 0 Å². The minimum absolute atomic E-state index is 0.899. The van der Waals surface area contributed by atoms with Crippen molar-refractivity contribution < 1.29 is 0 Å². The van der Waals surface area contributed by atoms with Crippen molar-refractivity contribution in [1.82, 2.24) is 20.3 Å². The highest BCUT2D eigenvalue weighted by atomic mass is 14.9. The number of hydrogen-bond acceptors (Lipinski definition) is 4. The minimum atomic E-state index is 0.899. The lowest BCUT2D eigenvalue weighted by atomic mass is 10.2. The Labute approximate surface area is 108 Å². The number of aryl methyl sites for hydroxylation is 2. The minimum Gasteiger partial charge on any atom is -0.320 e. The summed E-state index contributed by atoms with van der Waals surface area (Å²) in [6.45, 7) is 2.99. The lowest BCUT2D eigenvalue weighted by molar-refractivity contribution is 0.701. The molecular formula is C14H18N4. The van der Waals surface area contributed by atoms with E-state index in [1.165, 1.54) is 0 Å². The van der Waals surface area contributed by atoms with E-state index in [4.69, 9.17) is 0 Å². The van der Waals surface area contributed by atoms with Crippen molar-refractivity contribution in [3.8, 4) is 11.3 Å². The molecule has 0 aliphatic rings. The largest absolute Gasteiger partial charge is 0.320 e. The summed E-state index contributed by atoms with van der Waals surface area (Å²) in [5.74, 6) is 0.907. The van der Waals surface area contributed by atoms with Gasteiger partial charge >= 0.3 is 0 Å². The smallest absolute Gasteiger partial charge is 0.129 e. The standard InChI is InChI=1S/C14H18N4/c1-11-9-13(12-5-3-8-16-10-12)18-14(17-11)6-4-7-15-2/h3,5,8-10,15H,4,6-7H2,1-2H3. The van der Waals surface area contributed by atoms with Crippen molar-refractivity contribution >= 4 is 0 Å². The van der Waals surface area contributed by atoms with Crippen LogP contribution < -0.4 is 5.32 Å². The van der Waals surface area contributed by atoms with Gasteiger partial charge in [-0.15, -0.1) is 0 Å². The van der Waals surface area contributed by atoms with Crippen LogP contribution >= 0.6 is 0 Å². The van der Waals surface area contributed by atoms with E-state index in [0.29, 0.717) is 0 Å². The molecule has 2 rings (SSSR count). The van der Waals surface area contributed by atoms with Gasteiger partial charge in [0.1, 0.15) is 5.82 Å². The van der Waals surface area contributed by atoms with Crippen LogP contribution in [-0.4, -0.2) is 28.5 Å². The van der Waals surface area contributed by atoms with Crippen LogP contribution in [-0.2, 0) is 6.42 Å². The summed E-state index contributed by atoms with van der Waals surface area (Å²) in [7, 11) is 1.96. The number of rotatable bonds is 5. The summed E-state index contributed by atoms with van der Waals surface area (Å²) in [5, 5.41) is 3.13. The molecule has 0 atom stereocenters. The van der Waals surface area contributed by atoms with E-state index in [2.05, 4.69) is 20.3 Å². The summed E-state index contributed by atoms with van der Waals surface area (Å²) < 4.78 is 0. The molecule has 4 heteroatoms. The molecule has 0 bridgehead atoms. The zero-order valence-electron chi connectivity index (χ0n) is 10.8. The maximum atomic E-state index is 4.60. The van der Waals surface area contributed by atoms with Crippen molar-refractivity contribution in [3.05, 3.63) is 42.1 Å². The van der Waals surface area contributed by atoms with Crippen molar-refractivity contribution in [2.75, 3.05) is 13.6 Å². The molecule has 0 aliphatic carbocycles. The molecule has 18 heavy (non-hydrogen) atoms. The van der Waals surface area contributed by atoms with Gasteiger partial charge in [-0.2, -0.15) is 0 Å². The van der Waals surface area contributed by atoms with Crippen molar-refractivity contribution in [3.63, 3.8) is 0 Å². The van der Waals surface area contributed by atoms with E-state index in [0.717, 1.165) is 42.2 Å². The fourth-order valence-corrected chi connectivity index (χ4v) is 1.83. The van der Waals surface area contributed by atoms with E-state index in [9.17, 15) is 0 Å². The number of aromatic nitrogens is 3. The number of nitrogens with zero attached hydrogens (tertiary/aromatic N) is 3. The first kappa shape index (κ1) is 12.6. The Bertz CT molecular complexity index is 496. The van der Waals surface area contributed by atoms with Crippen LogP contribution in [0.5, 0.6) is 0 Å². The Balaban J connectivity index is 2.21. The third-order valence-electron chi connectivity index (χ3n) is 2.68. The molecule has 0 aliphatic heterocycles. The maximum absolute atomic E-state index is 4.60. The van der Waals surface area contributed by atoms with E-state index in [-0.39, 0.29) is 0 Å². The summed E-state index contributed by atoms with van der Waals surface area (Å²) >= 11 is 0. The first-order valence-corrected chi connectivity index (χ1v) is 6.19. The van der Waals surface area contributed by atoms with Crippen LogP contribution in [0, 0.1) is 6.92 Å². The van der Waals surface area contributed by atoms with Gasteiger partial charge in [0, 0.05) is 30.1 Å². The van der Waals surface area contributed by atoms with Crippen LogP contribution in [0.25, 0.3) is 11.3 Å². The van der Waals surface area contributed by atoms with E-state index in [1.54, 1.807) is 6.20 Å². The Morgan fingerprint density at radius 2 is 2.17 bits per heavy atom. The fraction of sp³-hybridized carbons (Fsp3) is 0.357. The molecule has 0 aromatic carbocycles. The molecule has 0 saturated heterocycles. The molecule has 2 aromatic rings. The van der Waals surface area contributed by atoms with Gasteiger partial charge in [-0.1, -0.05) is 0 Å². The van der Waals surface area contributed by atoms with Crippen LogP contribution in [0.3, 0.4) is 0 Å². The molecule has 0 radical (unpaired) electrons. The second-order valence-electron chi connectivity index (χ2n) is 4.26. The molecule has 2 heterocycles. The molecule has 0 saturated carbocycles. The molecule has 0 spiro atoms. The highest BCUT2D eigenvalue weighted by Crippen LogP contribution is 2.16. The average Bonchev–Trinajstić information content (AvgIpc) is 2.39. The Morgan fingerprint density at radius 3 is 2.89 bits per heavy atom. The first-order valence-electron chi connectivity index (χ1n) is 6.19. The van der Waals surface area contributed by atoms with E-state index < -0.39 is 0 Å². The highest BCUT2D eigenvalue weighted by molar-refractivity contribution is 5.57. The number of nitrogens with one attached hydrogen (secondary N) is 1. The molecule has 4 nitrogen and oxygen atoms in total. The predicted octanol–water partition coefficient (Wildman–Crippen LogP) is 2.00. The van der Waals surface area contributed by atoms with Gasteiger partial charge in [0.2, 0.25) is 0 Å². The van der Waals surface area contributed by atoms with Gasteiger partial charge in [-0.25, -0.2) is 9.97 Å². The average molecular weight is 242 g/mol. The third kappa shape index (κ3) is 3.34. The van der Waals surface area contributed by atoms with Crippen LogP contribution in [0.15, 0.2) is 30.6 Å². The van der Waals surface area contributed by atoms with Gasteiger partial charge in [-0.3, -0.25) is 4.98 Å². The van der Waals surface area contributed by atoms with Crippen molar-refractivity contribution in [2.24, 2.45) is 0 Å². The molecule has 0 fully saturated rings. The van der Waals surface area contributed by atoms with Gasteiger partial charge in [0.05, 0.1) is 5.69 Å². The lowest BCUT2D eigenvalue weighted by Crippen LogP contribution is -2.10. The Kier molecular flexibility index (Phi) is 4.36. The van der Waals surface area contributed by atoms with Gasteiger partial charge in [0.25, 0.3) is 0 Å². The topological polar surface area (TPSA) is 50.7 Å². The predicted molar refractivity (Wildman–Crippen MR) is 72.2 cm³/mol. The fourth-order valence-electron chi connectivity index (χ4n) is 1.83. The number of hydrogen-bond donors (Lipinski definition) is 1. The Morgan fingerprint density at radius 1 is 1.28 bits per heavy atom. The van der Waals surface area contributed by atoms with Crippen LogP contribution in [0.1, 0.15) is 17.9 Å². The van der Waals surface area contributed by atoms with Crippen LogP contribution in [0.2, 0.25) is 0 Å². The Hall–Kier alpha value is -1.81. The zero-order chi connectivity index (χ0) is 12.8. The van der Waals surface area contributed by atoms with Crippen molar-refractivity contribution in [1.29, 1.82) is 0 Å². The SMILES string of the molecule is CNCCCc1nc(C)cc(-c2cccnc2)n1. The molecule has 2 aromatic heterocycles. The zero-order valence-corrected chi connectivity index (χ0v) is 10.8. The van der Waals surface area contributed by atoms with Crippen molar-refractivity contribution in [2.45, 2.75) is 19.8 Å². The highest BCUT2D eigenvalue weighted by Gasteiger charge is 2.04. The van der Waals surface area contributed by atoms with Crippen LogP contribution in [0.4, 0.5) is 0 Å². The quantitative estimate of drug-likeness (QED) is 0.815. The molecule has 1 N–H and O–H groups in total. The lowest BCUT2D eigenvalue weighted by Gasteiger charge is -2.06. The number of pyridine rings is 1. The molecule has 0 unspecified atom stereocenters. The second kappa shape index (κ2) is 6.21. The molecular weight excluding hydrogens is 224 g/mol. The van der Waals surface area contributed by atoms with E-state index in [1.807, 2.05) is 38.4 Å². The maximum Gasteiger partial charge on any atom is 0.129 e. The monoisotopic (exact) mass is 242 g/mol. The summed E-state index contributed by atoms with van der Waals surface area (Å²) in [5.41, 5.74) is 3.00. The molecule has 94 valence electrons. The third-order valence-corrected chi connectivity index (χ3v) is 2.68. The molecule has 0 amide bonds. The first-order chi connectivity index (χ1) is 8.79. The summed E-state index contributed by atoms with van der Waals surface area (Å²) in [6.07, 6.45) is 5.55. The van der Waals surface area contributed by atoms with Gasteiger partial charge < -0.3 is 5.32 Å². The summed E-state index contributed by atoms with van der Waals surface area (Å²) in [6, 6.07) is 5.94. The van der Waals surface area contributed by atoms with E-state index >= 15 is 0 Å². The summed E-state index contributed by atoms with van der Waals surface area (Å²) in [4.78, 5) is 13.2.